The van der Waals surface area contributed by atoms with Crippen LogP contribution in [0, 0.1) is 0 Å². The first-order chi connectivity index (χ1) is 10.3. The molecule has 0 spiro atoms. The summed E-state index contributed by atoms with van der Waals surface area (Å²) >= 11 is 0. The van der Waals surface area contributed by atoms with Crippen LogP contribution in [0.3, 0.4) is 0 Å². The quantitative estimate of drug-likeness (QED) is 0.854. The highest BCUT2D eigenvalue weighted by atomic mass is 16.4. The van der Waals surface area contributed by atoms with Gasteiger partial charge in [0.05, 0.1) is 6.54 Å². The molecule has 1 fully saturated rings. The molecule has 2 heterocycles. The van der Waals surface area contributed by atoms with Gasteiger partial charge in [0.1, 0.15) is 18.1 Å². The van der Waals surface area contributed by atoms with Crippen molar-refractivity contribution in [2.24, 2.45) is 0 Å². The zero-order valence-corrected chi connectivity index (χ0v) is 12.2. The number of aliphatic hydroxyl groups excluding tert-OH is 1. The second kappa shape index (κ2) is 6.89. The second-order valence-corrected chi connectivity index (χ2v) is 5.61. The minimum Gasteiger partial charge on any atom is -0.462 e. The van der Waals surface area contributed by atoms with Crippen LogP contribution in [-0.4, -0.2) is 29.1 Å². The van der Waals surface area contributed by atoms with Crippen molar-refractivity contribution >= 4 is 0 Å². The van der Waals surface area contributed by atoms with Crippen LogP contribution in [0.15, 0.2) is 46.9 Å². The maximum Gasteiger partial charge on any atom is 0.129 e. The van der Waals surface area contributed by atoms with E-state index >= 15 is 0 Å². The Hall–Kier alpha value is -1.62. The van der Waals surface area contributed by atoms with E-state index in [2.05, 4.69) is 40.5 Å². The number of hydrogen-bond donors (Lipinski definition) is 2. The zero-order valence-electron chi connectivity index (χ0n) is 12.2. The van der Waals surface area contributed by atoms with Crippen LogP contribution >= 0.6 is 0 Å². The zero-order chi connectivity index (χ0) is 14.5. The van der Waals surface area contributed by atoms with Gasteiger partial charge in [-0.2, -0.15) is 0 Å². The molecule has 21 heavy (non-hydrogen) atoms. The molecule has 1 aromatic carbocycles. The van der Waals surface area contributed by atoms with Crippen LogP contribution in [0.25, 0.3) is 0 Å². The standard InChI is InChI=1S/C17H22N2O2/c20-13-17-7-6-16(21-17)10-18-15-8-9-19(12-15)11-14-4-2-1-3-5-14/h1-7,15,18,20H,8-13H2. The number of nitrogens with zero attached hydrogens (tertiary/aromatic N) is 1. The lowest BCUT2D eigenvalue weighted by Gasteiger charge is -2.16. The predicted molar refractivity (Wildman–Crippen MR) is 81.6 cm³/mol. The van der Waals surface area contributed by atoms with Crippen molar-refractivity contribution in [1.82, 2.24) is 10.2 Å². The molecule has 1 unspecified atom stereocenters. The Kier molecular flexibility index (Phi) is 4.70. The molecule has 4 heteroatoms. The normalized spacial score (nSPS) is 19.2. The highest BCUT2D eigenvalue weighted by molar-refractivity contribution is 5.14. The van der Waals surface area contributed by atoms with Gasteiger partial charge in [-0.25, -0.2) is 0 Å². The number of hydrogen-bond acceptors (Lipinski definition) is 4. The number of aliphatic hydroxyl groups is 1. The largest absolute Gasteiger partial charge is 0.462 e. The average molecular weight is 286 g/mol. The maximum atomic E-state index is 8.98. The summed E-state index contributed by atoms with van der Waals surface area (Å²) < 4.78 is 5.49. The van der Waals surface area contributed by atoms with Crippen LogP contribution in [0.2, 0.25) is 0 Å². The van der Waals surface area contributed by atoms with E-state index in [0.717, 1.165) is 31.9 Å². The fourth-order valence-corrected chi connectivity index (χ4v) is 2.83. The molecule has 1 aliphatic heterocycles. The van der Waals surface area contributed by atoms with Gasteiger partial charge in [-0.3, -0.25) is 4.90 Å². The van der Waals surface area contributed by atoms with Gasteiger partial charge < -0.3 is 14.8 Å². The molecule has 4 nitrogen and oxygen atoms in total. The van der Waals surface area contributed by atoms with Gasteiger partial charge in [0.25, 0.3) is 0 Å². The van der Waals surface area contributed by atoms with Gasteiger partial charge in [-0.05, 0) is 24.1 Å². The minimum absolute atomic E-state index is 0.0335. The van der Waals surface area contributed by atoms with Crippen molar-refractivity contribution in [3.63, 3.8) is 0 Å². The molecule has 0 saturated carbocycles. The Morgan fingerprint density at radius 2 is 1.95 bits per heavy atom. The summed E-state index contributed by atoms with van der Waals surface area (Å²) in [7, 11) is 0. The van der Waals surface area contributed by atoms with E-state index in [9.17, 15) is 0 Å². The summed E-state index contributed by atoms with van der Waals surface area (Å²) in [6.45, 7) is 3.92. The Morgan fingerprint density at radius 1 is 1.14 bits per heavy atom. The van der Waals surface area contributed by atoms with E-state index < -0.39 is 0 Å². The third kappa shape index (κ3) is 3.94. The summed E-state index contributed by atoms with van der Waals surface area (Å²) in [5.41, 5.74) is 1.37. The van der Waals surface area contributed by atoms with E-state index in [1.54, 1.807) is 0 Å². The van der Waals surface area contributed by atoms with E-state index in [1.807, 2.05) is 12.1 Å². The monoisotopic (exact) mass is 286 g/mol. The minimum atomic E-state index is -0.0335. The number of likely N-dealkylation sites (tertiary alicyclic amines) is 1. The van der Waals surface area contributed by atoms with Crippen molar-refractivity contribution in [1.29, 1.82) is 0 Å². The Labute approximate surface area is 125 Å². The average Bonchev–Trinajstić information content (AvgIpc) is 3.15. The second-order valence-electron chi connectivity index (χ2n) is 5.61. The molecule has 1 aromatic heterocycles. The molecule has 0 amide bonds. The highest BCUT2D eigenvalue weighted by Crippen LogP contribution is 2.14. The third-order valence-corrected chi connectivity index (χ3v) is 3.96. The molecule has 0 bridgehead atoms. The van der Waals surface area contributed by atoms with Gasteiger partial charge >= 0.3 is 0 Å². The molecular formula is C17H22N2O2. The molecule has 3 rings (SSSR count). The Bertz CT molecular complexity index is 553. The number of benzene rings is 1. The van der Waals surface area contributed by atoms with Crippen molar-refractivity contribution in [3.05, 3.63) is 59.5 Å². The van der Waals surface area contributed by atoms with E-state index in [4.69, 9.17) is 9.52 Å². The molecule has 1 saturated heterocycles. The molecule has 0 aliphatic carbocycles. The molecular weight excluding hydrogens is 264 g/mol. The highest BCUT2D eigenvalue weighted by Gasteiger charge is 2.22. The summed E-state index contributed by atoms with van der Waals surface area (Å²) in [5, 5.41) is 12.5. The fourth-order valence-electron chi connectivity index (χ4n) is 2.83. The van der Waals surface area contributed by atoms with E-state index in [1.165, 1.54) is 12.0 Å². The van der Waals surface area contributed by atoms with Crippen LogP contribution in [0.4, 0.5) is 0 Å². The fraction of sp³-hybridized carbons (Fsp3) is 0.412. The molecule has 0 radical (unpaired) electrons. The maximum absolute atomic E-state index is 8.98. The van der Waals surface area contributed by atoms with Gasteiger partial charge in [-0.1, -0.05) is 30.3 Å². The lowest BCUT2D eigenvalue weighted by atomic mass is 10.2. The summed E-state index contributed by atoms with van der Waals surface area (Å²) in [6.07, 6.45) is 1.17. The lowest BCUT2D eigenvalue weighted by Crippen LogP contribution is -2.31. The van der Waals surface area contributed by atoms with E-state index in [-0.39, 0.29) is 6.61 Å². The number of rotatable bonds is 6. The summed E-state index contributed by atoms with van der Waals surface area (Å²) in [5.74, 6) is 1.52. The first-order valence-electron chi connectivity index (χ1n) is 7.51. The number of furan rings is 1. The smallest absolute Gasteiger partial charge is 0.129 e. The van der Waals surface area contributed by atoms with Crippen LogP contribution in [0.5, 0.6) is 0 Å². The number of nitrogens with one attached hydrogen (secondary N) is 1. The Morgan fingerprint density at radius 3 is 2.71 bits per heavy atom. The first-order valence-corrected chi connectivity index (χ1v) is 7.51. The third-order valence-electron chi connectivity index (χ3n) is 3.96. The van der Waals surface area contributed by atoms with Crippen LogP contribution < -0.4 is 5.32 Å². The molecule has 2 aromatic rings. The lowest BCUT2D eigenvalue weighted by molar-refractivity contribution is 0.242. The molecule has 112 valence electrons. The van der Waals surface area contributed by atoms with Crippen LogP contribution in [-0.2, 0) is 19.7 Å². The molecule has 1 atom stereocenters. The van der Waals surface area contributed by atoms with Crippen LogP contribution in [0.1, 0.15) is 23.5 Å². The van der Waals surface area contributed by atoms with Gasteiger partial charge in [0.2, 0.25) is 0 Å². The van der Waals surface area contributed by atoms with Crippen molar-refractivity contribution in [2.75, 3.05) is 13.1 Å². The summed E-state index contributed by atoms with van der Waals surface area (Å²) in [6, 6.07) is 14.9. The van der Waals surface area contributed by atoms with Gasteiger partial charge in [-0.15, -0.1) is 0 Å². The predicted octanol–water partition coefficient (Wildman–Crippen LogP) is 2.14. The molecule has 1 aliphatic rings. The van der Waals surface area contributed by atoms with E-state index in [0.29, 0.717) is 11.8 Å². The van der Waals surface area contributed by atoms with Gasteiger partial charge in [0, 0.05) is 25.7 Å². The Balaban J connectivity index is 1.44. The SMILES string of the molecule is OCc1ccc(CNC2CCN(Cc3ccccc3)C2)o1. The summed E-state index contributed by atoms with van der Waals surface area (Å²) in [4.78, 5) is 2.48. The van der Waals surface area contributed by atoms with Gasteiger partial charge in [0.15, 0.2) is 0 Å². The van der Waals surface area contributed by atoms with Crippen molar-refractivity contribution < 1.29 is 9.52 Å². The molecule has 2 N–H and O–H groups in total. The topological polar surface area (TPSA) is 48.6 Å². The first kappa shape index (κ1) is 14.3. The van der Waals surface area contributed by atoms with Crippen molar-refractivity contribution in [3.8, 4) is 0 Å². The van der Waals surface area contributed by atoms with Crippen molar-refractivity contribution in [2.45, 2.75) is 32.2 Å².